The Hall–Kier alpha value is -1.41. The molecule has 0 saturated heterocycles. The predicted molar refractivity (Wildman–Crippen MR) is 80.5 cm³/mol. The first-order valence-corrected chi connectivity index (χ1v) is 6.76. The second-order valence-electron chi connectivity index (χ2n) is 6.01. The van der Waals surface area contributed by atoms with E-state index in [1.807, 2.05) is 0 Å². The summed E-state index contributed by atoms with van der Waals surface area (Å²) in [6.45, 7) is 7.92. The van der Waals surface area contributed by atoms with Gasteiger partial charge < -0.3 is 25.0 Å². The third kappa shape index (κ3) is 6.15. The number of carbonyl (C=O) groups excluding carboxylic acids is 1. The summed E-state index contributed by atoms with van der Waals surface area (Å²) >= 11 is 0. The highest BCUT2D eigenvalue weighted by Gasteiger charge is 2.31. The number of methoxy groups -OCH3 is 1. The fourth-order valence-corrected chi connectivity index (χ4v) is 1.18. The number of ether oxygens (including phenoxy) is 1. The Morgan fingerprint density at radius 2 is 1.59 bits per heavy atom. The van der Waals surface area contributed by atoms with E-state index in [0.717, 1.165) is 0 Å². The molecule has 0 aliphatic rings. The molecule has 0 heterocycles. The zero-order valence-corrected chi connectivity index (χ0v) is 13.8. The molecule has 0 bridgehead atoms. The maximum atomic E-state index is 11.1. The second kappa shape index (κ2) is 7.74. The number of carbonyl (C=O) groups is 1. The summed E-state index contributed by atoms with van der Waals surface area (Å²) in [5, 5.41) is 39.5. The fraction of sp³-hybridized carbons (Fsp3) is 0.533. The van der Waals surface area contributed by atoms with Gasteiger partial charge in [-0.3, -0.25) is 0 Å². The van der Waals surface area contributed by atoms with Crippen molar-refractivity contribution in [1.29, 1.82) is 0 Å². The van der Waals surface area contributed by atoms with E-state index in [0.29, 0.717) is 11.1 Å². The molecule has 0 unspecified atom stereocenters. The van der Waals surface area contributed by atoms with Crippen molar-refractivity contribution in [2.24, 2.45) is 0 Å². The van der Waals surface area contributed by atoms with Crippen molar-refractivity contribution >= 4 is 18.6 Å². The van der Waals surface area contributed by atoms with Gasteiger partial charge in [0.2, 0.25) is 0 Å². The molecular formula is C15H23BO6-2. The van der Waals surface area contributed by atoms with Crippen LogP contribution in [0.5, 0.6) is 0 Å². The highest BCUT2D eigenvalue weighted by atomic mass is 16.5. The molecule has 1 rings (SSSR count). The lowest BCUT2D eigenvalue weighted by Crippen LogP contribution is -2.56. The number of hydrogen-bond donors (Lipinski definition) is 2. The van der Waals surface area contributed by atoms with Crippen molar-refractivity contribution in [3.05, 3.63) is 29.3 Å². The van der Waals surface area contributed by atoms with Gasteiger partial charge in [-0.2, -0.15) is 0 Å². The van der Waals surface area contributed by atoms with Crippen molar-refractivity contribution in [1.82, 2.24) is 0 Å². The number of hydrogen-bond acceptors (Lipinski definition) is 6. The van der Waals surface area contributed by atoms with E-state index in [2.05, 4.69) is 4.74 Å². The average molecular weight is 310 g/mol. The van der Waals surface area contributed by atoms with E-state index < -0.39 is 24.3 Å². The number of rotatable bonds is 3. The first kappa shape index (κ1) is 20.6. The lowest BCUT2D eigenvalue weighted by atomic mass is 9.77. The van der Waals surface area contributed by atoms with E-state index in [4.69, 9.17) is 10.2 Å². The third-order valence-electron chi connectivity index (χ3n) is 3.44. The molecule has 0 amide bonds. The minimum absolute atomic E-state index is 0.164. The maximum Gasteiger partial charge on any atom is 0.337 e. The van der Waals surface area contributed by atoms with Crippen molar-refractivity contribution in [2.45, 2.75) is 45.8 Å². The zero-order chi connectivity index (χ0) is 17.7. The molecule has 0 saturated carbocycles. The Labute approximate surface area is 131 Å². The molecule has 2 N–H and O–H groups in total. The minimum Gasteiger partial charge on any atom is -0.889 e. The Morgan fingerprint density at radius 3 is 1.86 bits per heavy atom. The molecule has 7 heteroatoms. The molecule has 124 valence electrons. The molecule has 0 aliphatic carbocycles. The van der Waals surface area contributed by atoms with E-state index in [1.165, 1.54) is 25.3 Å². The van der Waals surface area contributed by atoms with Crippen LogP contribution in [0, 0.1) is 6.92 Å². The molecule has 0 fully saturated rings. The highest BCUT2D eigenvalue weighted by Crippen LogP contribution is 2.19. The monoisotopic (exact) mass is 310 g/mol. The SMILES string of the molecule is CC(C)(O)C(C)(C)O.COC(=O)c1ccc(B([O-])[O-])c(C)c1. The summed E-state index contributed by atoms with van der Waals surface area (Å²) in [5.41, 5.74) is -0.991. The Balaban J connectivity index is 0.000000472. The molecule has 0 radical (unpaired) electrons. The van der Waals surface area contributed by atoms with Crippen molar-refractivity contribution in [3.8, 4) is 0 Å². The van der Waals surface area contributed by atoms with Gasteiger partial charge in [0.1, 0.15) is 0 Å². The molecule has 0 spiro atoms. The highest BCUT2D eigenvalue weighted by molar-refractivity contribution is 6.55. The number of esters is 1. The van der Waals surface area contributed by atoms with Gasteiger partial charge in [-0.05, 0) is 46.8 Å². The normalized spacial score (nSPS) is 11.4. The van der Waals surface area contributed by atoms with Gasteiger partial charge in [-0.15, -0.1) is 5.46 Å². The summed E-state index contributed by atoms with van der Waals surface area (Å²) in [7, 11) is -0.739. The molecule has 0 aromatic heterocycles. The number of aliphatic hydroxyl groups is 2. The summed E-state index contributed by atoms with van der Waals surface area (Å²) in [6, 6.07) is 4.26. The van der Waals surface area contributed by atoms with Crippen LogP contribution in [0.2, 0.25) is 0 Å². The summed E-state index contributed by atoms with van der Waals surface area (Å²) in [5.74, 6) is -0.479. The first-order chi connectivity index (χ1) is 9.81. The molecule has 22 heavy (non-hydrogen) atoms. The van der Waals surface area contributed by atoms with Crippen LogP contribution < -0.4 is 15.5 Å². The largest absolute Gasteiger partial charge is 0.889 e. The van der Waals surface area contributed by atoms with E-state index in [1.54, 1.807) is 34.6 Å². The third-order valence-corrected chi connectivity index (χ3v) is 3.44. The lowest BCUT2D eigenvalue weighted by molar-refractivity contribution is -0.341. The van der Waals surface area contributed by atoms with Crippen molar-refractivity contribution < 1.29 is 29.8 Å². The van der Waals surface area contributed by atoms with Crippen LogP contribution in [-0.4, -0.2) is 41.6 Å². The van der Waals surface area contributed by atoms with Gasteiger partial charge >= 0.3 is 5.97 Å². The molecule has 0 aliphatic heterocycles. The van der Waals surface area contributed by atoms with Crippen LogP contribution >= 0.6 is 0 Å². The summed E-state index contributed by atoms with van der Waals surface area (Å²) < 4.78 is 4.50. The van der Waals surface area contributed by atoms with Gasteiger partial charge in [0.25, 0.3) is 0 Å². The predicted octanol–water partition coefficient (Wildman–Crippen LogP) is -1.27. The number of benzene rings is 1. The Kier molecular flexibility index (Phi) is 7.24. The van der Waals surface area contributed by atoms with Gasteiger partial charge in [0.05, 0.1) is 23.9 Å². The van der Waals surface area contributed by atoms with Crippen LogP contribution in [0.1, 0.15) is 43.6 Å². The molecular weight excluding hydrogens is 287 g/mol. The fourth-order valence-electron chi connectivity index (χ4n) is 1.18. The first-order valence-electron chi connectivity index (χ1n) is 6.76. The summed E-state index contributed by atoms with van der Waals surface area (Å²) in [6.07, 6.45) is 0. The summed E-state index contributed by atoms with van der Waals surface area (Å²) in [4.78, 5) is 11.1. The maximum absolute atomic E-state index is 11.1. The van der Waals surface area contributed by atoms with Crippen molar-refractivity contribution in [3.63, 3.8) is 0 Å². The standard InChI is InChI=1S/C9H9BO4.C6H14O2/c1-6-5-7(9(11)14-2)3-4-8(6)10(12)13;1-5(2,7)6(3,4)8/h3-5H,1-2H3;7-8H,1-4H3/q-2;. The second-order valence-corrected chi connectivity index (χ2v) is 6.01. The van der Waals surface area contributed by atoms with Crippen LogP contribution in [0.3, 0.4) is 0 Å². The van der Waals surface area contributed by atoms with Crippen LogP contribution in [0.25, 0.3) is 0 Å². The average Bonchev–Trinajstić information content (AvgIpc) is 2.35. The lowest BCUT2D eigenvalue weighted by Gasteiger charge is -2.31. The number of aryl methyl sites for hydroxylation is 1. The quantitative estimate of drug-likeness (QED) is 0.531. The topological polar surface area (TPSA) is 113 Å². The van der Waals surface area contributed by atoms with Crippen molar-refractivity contribution in [2.75, 3.05) is 7.11 Å². The van der Waals surface area contributed by atoms with Gasteiger partial charge in [0, 0.05) is 0 Å². The zero-order valence-electron chi connectivity index (χ0n) is 13.8. The minimum atomic E-state index is -2.01. The van der Waals surface area contributed by atoms with Crippen LogP contribution in [0.15, 0.2) is 18.2 Å². The van der Waals surface area contributed by atoms with Crippen LogP contribution in [-0.2, 0) is 4.74 Å². The van der Waals surface area contributed by atoms with Gasteiger partial charge in [-0.25, -0.2) is 4.79 Å². The smallest absolute Gasteiger partial charge is 0.337 e. The van der Waals surface area contributed by atoms with Gasteiger partial charge in [0.15, 0.2) is 0 Å². The van der Waals surface area contributed by atoms with E-state index in [-0.39, 0.29) is 5.46 Å². The van der Waals surface area contributed by atoms with Crippen LogP contribution in [0.4, 0.5) is 0 Å². The molecule has 0 atom stereocenters. The Morgan fingerprint density at radius 1 is 1.14 bits per heavy atom. The van der Waals surface area contributed by atoms with E-state index >= 15 is 0 Å². The van der Waals surface area contributed by atoms with E-state index in [9.17, 15) is 14.8 Å². The molecule has 1 aromatic rings. The Bertz CT molecular complexity index is 488. The van der Waals surface area contributed by atoms with Gasteiger partial charge in [-0.1, -0.05) is 18.7 Å². The molecule has 6 nitrogen and oxygen atoms in total. The molecule has 1 aromatic carbocycles.